The van der Waals surface area contributed by atoms with Crippen LogP contribution < -0.4 is 14.8 Å². The molecular formula is C44H59N4O8PS. The van der Waals surface area contributed by atoms with E-state index < -0.39 is 42.0 Å². The van der Waals surface area contributed by atoms with Gasteiger partial charge in [-0.1, -0.05) is 32.9 Å². The minimum absolute atomic E-state index is 0.0274. The molecule has 2 aromatic heterocycles. The summed E-state index contributed by atoms with van der Waals surface area (Å²) >= 11 is 1.49. The van der Waals surface area contributed by atoms with E-state index in [-0.39, 0.29) is 55.6 Å². The number of hydrogen-bond donors (Lipinski definition) is 2. The molecule has 1 saturated heterocycles. The van der Waals surface area contributed by atoms with Crippen LogP contribution in [-0.4, -0.2) is 80.5 Å². The first-order chi connectivity index (χ1) is 27.5. The topological polar surface area (TPSA) is 157 Å². The summed E-state index contributed by atoms with van der Waals surface area (Å²) in [5.41, 5.74) is 1.33. The largest absolute Gasteiger partial charge is 0.497 e. The summed E-state index contributed by atoms with van der Waals surface area (Å²) in [6.07, 6.45) is 6.76. The zero-order valence-corrected chi connectivity index (χ0v) is 36.6. The van der Waals surface area contributed by atoms with Crippen LogP contribution in [0.2, 0.25) is 0 Å². The van der Waals surface area contributed by atoms with Gasteiger partial charge in [0.1, 0.15) is 35.2 Å². The lowest BCUT2D eigenvalue weighted by atomic mass is 9.77. The summed E-state index contributed by atoms with van der Waals surface area (Å²) in [7, 11) is -2.24. The molecule has 314 valence electrons. The highest BCUT2D eigenvalue weighted by Crippen LogP contribution is 2.73. The molecule has 0 radical (unpaired) electrons. The maximum atomic E-state index is 14.8. The van der Waals surface area contributed by atoms with E-state index in [4.69, 9.17) is 24.2 Å². The minimum atomic E-state index is -3.83. The molecule has 1 aliphatic heterocycles. The summed E-state index contributed by atoms with van der Waals surface area (Å²) < 4.78 is 31.7. The lowest BCUT2D eigenvalue weighted by Crippen LogP contribution is -2.46. The van der Waals surface area contributed by atoms with Crippen molar-refractivity contribution in [2.45, 2.75) is 129 Å². The molecule has 12 nitrogen and oxygen atoms in total. The number of benzene rings is 1. The number of pyridine rings is 1. The number of nitrogens with one attached hydrogen (secondary N) is 1. The number of esters is 1. The van der Waals surface area contributed by atoms with Crippen molar-refractivity contribution in [2.24, 2.45) is 17.3 Å². The Morgan fingerprint density at radius 2 is 1.88 bits per heavy atom. The van der Waals surface area contributed by atoms with Gasteiger partial charge in [0, 0.05) is 54.2 Å². The molecule has 14 heteroatoms. The molecule has 6 atom stereocenters. The van der Waals surface area contributed by atoms with Crippen LogP contribution in [0.1, 0.15) is 99.3 Å². The van der Waals surface area contributed by atoms with Crippen LogP contribution >= 0.6 is 18.7 Å². The Hall–Kier alpha value is -4.06. The number of ether oxygens (including phenoxy) is 3. The Bertz CT molecular complexity index is 2090. The number of rotatable bonds is 17. The Morgan fingerprint density at radius 1 is 1.14 bits per heavy atom. The molecule has 1 aromatic carbocycles. The quantitative estimate of drug-likeness (QED) is 0.0759. The molecule has 3 aliphatic rings. The predicted molar refractivity (Wildman–Crippen MR) is 229 cm³/mol. The lowest BCUT2D eigenvalue weighted by Gasteiger charge is -2.35. The second-order valence-corrected chi connectivity index (χ2v) is 20.8. The third-order valence-electron chi connectivity index (χ3n) is 11.8. The van der Waals surface area contributed by atoms with E-state index in [1.54, 1.807) is 31.1 Å². The predicted octanol–water partition coefficient (Wildman–Crippen LogP) is 9.17. The Labute approximate surface area is 346 Å². The van der Waals surface area contributed by atoms with Crippen molar-refractivity contribution in [1.29, 1.82) is 0 Å². The van der Waals surface area contributed by atoms with E-state index in [1.807, 2.05) is 64.3 Å². The van der Waals surface area contributed by atoms with Crippen LogP contribution in [0.4, 0.5) is 5.13 Å². The van der Waals surface area contributed by atoms with Gasteiger partial charge in [0.15, 0.2) is 5.13 Å². The van der Waals surface area contributed by atoms with Gasteiger partial charge in [-0.05, 0) is 82.2 Å². The second kappa shape index (κ2) is 17.7. The van der Waals surface area contributed by atoms with Crippen molar-refractivity contribution in [3.8, 4) is 22.9 Å². The lowest BCUT2D eigenvalue weighted by molar-refractivity contribution is -0.156. The van der Waals surface area contributed by atoms with E-state index >= 15 is 0 Å². The monoisotopic (exact) mass is 834 g/mol. The molecule has 3 heterocycles. The summed E-state index contributed by atoms with van der Waals surface area (Å²) in [4.78, 5) is 64.7. The molecule has 2 aliphatic carbocycles. The van der Waals surface area contributed by atoms with Crippen LogP contribution in [0.15, 0.2) is 54.2 Å². The Morgan fingerprint density at radius 3 is 2.52 bits per heavy atom. The molecule has 2 unspecified atom stereocenters. The first-order valence-electron chi connectivity index (χ1n) is 20.5. The molecule has 2 saturated carbocycles. The zero-order valence-electron chi connectivity index (χ0n) is 34.9. The van der Waals surface area contributed by atoms with Crippen LogP contribution in [0, 0.1) is 17.3 Å². The molecular weight excluding hydrogens is 776 g/mol. The third kappa shape index (κ3) is 9.69. The number of fused-ring (bicyclic) bond motifs is 1. The number of methoxy groups -OCH3 is 1. The number of Topliss-reactive ketones (excluding diaryl/α,β-unsaturated/α-hetero) is 1. The third-order valence-corrected chi connectivity index (χ3v) is 15.2. The number of amides is 1. The van der Waals surface area contributed by atoms with Gasteiger partial charge in [-0.25, -0.2) is 9.97 Å². The second-order valence-electron chi connectivity index (χ2n) is 17.5. The maximum Gasteiger partial charge on any atom is 0.306 e. The van der Waals surface area contributed by atoms with Gasteiger partial charge in [0.2, 0.25) is 13.3 Å². The summed E-state index contributed by atoms with van der Waals surface area (Å²) in [5.74, 6) is 0.658. The van der Waals surface area contributed by atoms with Crippen molar-refractivity contribution in [1.82, 2.24) is 14.9 Å². The first kappa shape index (κ1) is 43.5. The van der Waals surface area contributed by atoms with E-state index in [2.05, 4.69) is 11.9 Å². The average Bonchev–Trinajstić information content (AvgIpc) is 3.53. The first-order valence-corrected chi connectivity index (χ1v) is 23.1. The number of aromatic nitrogens is 2. The molecule has 3 aromatic rings. The van der Waals surface area contributed by atoms with Crippen LogP contribution in [-0.2, 0) is 23.7 Å². The number of carbonyl (C=O) groups is 3. The fourth-order valence-electron chi connectivity index (χ4n) is 8.55. The maximum absolute atomic E-state index is 14.8. The fourth-order valence-corrected chi connectivity index (χ4v) is 11.5. The number of allylic oxidation sites excluding steroid dienone is 2. The molecule has 2 N–H and O–H groups in total. The summed E-state index contributed by atoms with van der Waals surface area (Å²) in [5, 5.41) is 5.70. The zero-order chi connectivity index (χ0) is 42.0. The van der Waals surface area contributed by atoms with E-state index in [0.29, 0.717) is 41.2 Å². The summed E-state index contributed by atoms with van der Waals surface area (Å²) in [6, 6.07) is 7.06. The van der Waals surface area contributed by atoms with Gasteiger partial charge in [-0.15, -0.1) is 17.9 Å². The van der Waals surface area contributed by atoms with Gasteiger partial charge in [-0.3, -0.25) is 18.9 Å². The number of anilines is 1. The highest BCUT2D eigenvalue weighted by molar-refractivity contribution is 7.63. The standard InChI is InChI=1S/C44H59N4O8PS/c1-9-17-57(52,53)44(23-28(44)10-2)24-30(49)18-29-19-33(25-48(29)41(51)35(43(5,6)7)21-40(50)56-31-13-11-12-14-31)55-39-22-37(38-26-58-42(47-38)45-27(3)4)46-36-20-32(54-8)15-16-34(36)39/h9-10,15-17,20,22,26-29,31,33,35H,2,11-14,18-19,21,23-25H2,1,3-8H3,(H,45,47)(H,52,53)/b17-9-/t28-,29?,33-,35-,44-/m1/s1. The number of thiazole rings is 1. The SMILES string of the molecule is C=C[C@@H]1C[C@]1(CC(=O)CC1C[C@@H](Oc2cc(-c3csc(NC(C)C)n3)nc3cc(OC)ccc23)CN1C(=O)[C@@H](CC(=O)OC1CCCC1)C(C)(C)C)P(=O)(O)/C=C\C. The molecule has 3 fully saturated rings. The number of likely N-dealkylation sites (tertiary alicyclic amines) is 1. The van der Waals surface area contributed by atoms with E-state index in [1.165, 1.54) is 17.2 Å². The highest BCUT2D eigenvalue weighted by Gasteiger charge is 2.63. The van der Waals surface area contributed by atoms with Gasteiger partial charge in [0.05, 0.1) is 42.4 Å². The number of ketones is 1. The van der Waals surface area contributed by atoms with Gasteiger partial charge in [0.25, 0.3) is 0 Å². The smallest absolute Gasteiger partial charge is 0.306 e. The molecule has 1 amide bonds. The van der Waals surface area contributed by atoms with Crippen LogP contribution in [0.3, 0.4) is 0 Å². The van der Waals surface area contributed by atoms with Crippen molar-refractivity contribution in [2.75, 3.05) is 19.0 Å². The van der Waals surface area contributed by atoms with Gasteiger partial charge < -0.3 is 29.3 Å². The molecule has 0 spiro atoms. The summed E-state index contributed by atoms with van der Waals surface area (Å²) in [6.45, 7) is 15.6. The van der Waals surface area contributed by atoms with Crippen LogP contribution in [0.25, 0.3) is 22.3 Å². The van der Waals surface area contributed by atoms with E-state index in [9.17, 15) is 23.8 Å². The van der Waals surface area contributed by atoms with Crippen molar-refractivity contribution in [3.63, 3.8) is 0 Å². The van der Waals surface area contributed by atoms with E-state index in [0.717, 1.165) is 36.2 Å². The Kier molecular flexibility index (Phi) is 13.2. The minimum Gasteiger partial charge on any atom is -0.497 e. The number of carbonyl (C=O) groups excluding carboxylic acids is 3. The number of hydrogen-bond acceptors (Lipinski definition) is 11. The molecule has 6 rings (SSSR count). The van der Waals surface area contributed by atoms with Gasteiger partial charge >= 0.3 is 5.97 Å². The van der Waals surface area contributed by atoms with Crippen molar-refractivity contribution in [3.05, 3.63) is 54.2 Å². The van der Waals surface area contributed by atoms with Crippen LogP contribution in [0.5, 0.6) is 11.5 Å². The molecule has 0 bridgehead atoms. The fraction of sp³-hybridized carbons (Fsp3) is 0.568. The molecule has 58 heavy (non-hydrogen) atoms. The van der Waals surface area contributed by atoms with Crippen molar-refractivity contribution >= 4 is 52.4 Å². The highest BCUT2D eigenvalue weighted by atomic mass is 32.1. The normalized spacial score (nSPS) is 23.9. The number of nitrogens with zero attached hydrogens (tertiary/aromatic N) is 3. The Balaban J connectivity index is 1.31. The average molecular weight is 835 g/mol. The van der Waals surface area contributed by atoms with Gasteiger partial charge in [-0.2, -0.15) is 0 Å². The van der Waals surface area contributed by atoms with Crippen molar-refractivity contribution < 1.29 is 38.1 Å².